The summed E-state index contributed by atoms with van der Waals surface area (Å²) in [6.45, 7) is 4.77. The first kappa shape index (κ1) is 15.9. The summed E-state index contributed by atoms with van der Waals surface area (Å²) < 4.78 is 0. The molecule has 4 aliphatic rings. The van der Waals surface area contributed by atoms with Crippen LogP contribution in [0.1, 0.15) is 75.3 Å². The Hall–Kier alpha value is -1.30. The van der Waals surface area contributed by atoms with E-state index >= 15 is 0 Å². The second-order valence-electron chi connectivity index (χ2n) is 9.62. The minimum atomic E-state index is 0.624. The smallest absolute Gasteiger partial charge is 0.00103 e. The fourth-order valence-electron chi connectivity index (χ4n) is 6.73. The zero-order chi connectivity index (χ0) is 17.0. The van der Waals surface area contributed by atoms with E-state index in [0.717, 1.165) is 23.7 Å². The molecule has 1 aromatic carbocycles. The summed E-state index contributed by atoms with van der Waals surface area (Å²) in [6.07, 6.45) is 16.6. The summed E-state index contributed by atoms with van der Waals surface area (Å²) >= 11 is 0. The molecule has 4 aliphatic carbocycles. The lowest BCUT2D eigenvalue weighted by Crippen LogP contribution is -2.37. The highest BCUT2D eigenvalue weighted by Crippen LogP contribution is 2.59. The fourth-order valence-corrected chi connectivity index (χ4v) is 6.73. The monoisotopic (exact) mass is 332 g/mol. The maximum Gasteiger partial charge on any atom is 0.00103 e. The van der Waals surface area contributed by atoms with E-state index in [0.29, 0.717) is 5.41 Å². The van der Waals surface area contributed by atoms with E-state index in [2.05, 4.69) is 50.3 Å². The summed E-state index contributed by atoms with van der Waals surface area (Å²) in [4.78, 5) is 0. The fraction of sp³-hybridized carbons (Fsp3) is 0.600. The van der Waals surface area contributed by atoms with Gasteiger partial charge in [0.2, 0.25) is 0 Å². The molecule has 0 heteroatoms. The lowest BCUT2D eigenvalue weighted by Gasteiger charge is -2.48. The van der Waals surface area contributed by atoms with E-state index in [4.69, 9.17) is 0 Å². The van der Waals surface area contributed by atoms with Crippen LogP contribution in [-0.4, -0.2) is 0 Å². The number of hydrogen-bond acceptors (Lipinski definition) is 0. The van der Waals surface area contributed by atoms with Gasteiger partial charge in [0.1, 0.15) is 0 Å². The quantitative estimate of drug-likeness (QED) is 0.487. The van der Waals surface area contributed by atoms with Gasteiger partial charge in [-0.25, -0.2) is 0 Å². The third kappa shape index (κ3) is 2.56. The van der Waals surface area contributed by atoms with Crippen molar-refractivity contribution in [3.63, 3.8) is 0 Å². The van der Waals surface area contributed by atoms with Gasteiger partial charge in [0.25, 0.3) is 0 Å². The van der Waals surface area contributed by atoms with Crippen molar-refractivity contribution in [2.75, 3.05) is 0 Å². The van der Waals surface area contributed by atoms with Crippen molar-refractivity contribution in [1.29, 1.82) is 0 Å². The Morgan fingerprint density at radius 1 is 1.00 bits per heavy atom. The highest BCUT2D eigenvalue weighted by molar-refractivity contribution is 5.36. The second kappa shape index (κ2) is 5.86. The third-order valence-electron chi connectivity index (χ3n) is 8.19. The number of allylic oxidation sites excluding steroid dienone is 4. The normalized spacial score (nSPS) is 39.8. The van der Waals surface area contributed by atoms with Gasteiger partial charge in [0.05, 0.1) is 0 Å². The van der Waals surface area contributed by atoms with E-state index in [9.17, 15) is 0 Å². The molecule has 0 aromatic heterocycles. The molecule has 1 unspecified atom stereocenters. The molecular weight excluding hydrogens is 300 g/mol. The van der Waals surface area contributed by atoms with Gasteiger partial charge in [-0.15, -0.1) is 0 Å². The molecule has 2 saturated carbocycles. The van der Waals surface area contributed by atoms with Crippen LogP contribution in [0.3, 0.4) is 0 Å². The van der Waals surface area contributed by atoms with E-state index in [1.807, 2.05) is 5.57 Å². The van der Waals surface area contributed by atoms with Crippen LogP contribution in [0.2, 0.25) is 0 Å². The Bertz CT molecular complexity index is 719. The molecule has 2 fully saturated rings. The SMILES string of the molecule is Cc1ccc(C2CC[C@H]3C(=CC[C@@H]4C3=CC[C@]3(C)CCC[C@@H]43)C2)cc1. The molecule has 132 valence electrons. The van der Waals surface area contributed by atoms with Gasteiger partial charge < -0.3 is 0 Å². The Morgan fingerprint density at radius 3 is 2.68 bits per heavy atom. The van der Waals surface area contributed by atoms with Crippen LogP contribution in [0.5, 0.6) is 0 Å². The minimum Gasteiger partial charge on any atom is -0.0841 e. The van der Waals surface area contributed by atoms with E-state index in [-0.39, 0.29) is 0 Å². The predicted molar refractivity (Wildman–Crippen MR) is 106 cm³/mol. The van der Waals surface area contributed by atoms with Crippen molar-refractivity contribution in [2.24, 2.45) is 23.2 Å². The molecule has 1 aromatic rings. The standard InChI is InChI=1S/C25H32/c1-17-5-7-18(8-6-17)19-9-11-21-20(16-19)10-12-23-22(21)13-15-25(2)14-3-4-24(23)25/h5-8,10,13,19,21,23-24H,3-4,9,11-12,14-16H2,1-2H3/t19?,21-,23+,24-,25-/m0/s1. The van der Waals surface area contributed by atoms with E-state index in [1.54, 1.807) is 11.1 Å². The van der Waals surface area contributed by atoms with Crippen LogP contribution in [0.15, 0.2) is 47.6 Å². The lowest BCUT2D eigenvalue weighted by molar-refractivity contribution is 0.147. The molecule has 0 heterocycles. The second-order valence-corrected chi connectivity index (χ2v) is 9.62. The molecule has 5 atom stereocenters. The van der Waals surface area contributed by atoms with Crippen molar-refractivity contribution in [3.05, 3.63) is 58.7 Å². The van der Waals surface area contributed by atoms with Crippen LogP contribution < -0.4 is 0 Å². The van der Waals surface area contributed by atoms with Gasteiger partial charge >= 0.3 is 0 Å². The summed E-state index contributed by atoms with van der Waals surface area (Å²) in [5.74, 6) is 3.40. The minimum absolute atomic E-state index is 0.624. The van der Waals surface area contributed by atoms with Gasteiger partial charge in [-0.3, -0.25) is 0 Å². The molecule has 0 radical (unpaired) electrons. The van der Waals surface area contributed by atoms with Crippen molar-refractivity contribution >= 4 is 0 Å². The highest BCUT2D eigenvalue weighted by atomic mass is 14.5. The first-order valence-electron chi connectivity index (χ1n) is 10.6. The molecule has 0 bridgehead atoms. The molecular formula is C25H32. The van der Waals surface area contributed by atoms with Gasteiger partial charge in [-0.05, 0) is 80.6 Å². The maximum absolute atomic E-state index is 2.70. The molecule has 0 nitrogen and oxygen atoms in total. The maximum atomic E-state index is 2.70. The molecule has 0 amide bonds. The first-order valence-corrected chi connectivity index (χ1v) is 10.6. The molecule has 5 rings (SSSR count). The molecule has 25 heavy (non-hydrogen) atoms. The van der Waals surface area contributed by atoms with E-state index in [1.165, 1.54) is 56.9 Å². The number of rotatable bonds is 1. The van der Waals surface area contributed by atoms with Crippen LogP contribution in [0, 0.1) is 30.1 Å². The van der Waals surface area contributed by atoms with Crippen molar-refractivity contribution in [1.82, 2.24) is 0 Å². The van der Waals surface area contributed by atoms with Crippen LogP contribution in [0.4, 0.5) is 0 Å². The number of hydrogen-bond donors (Lipinski definition) is 0. The highest BCUT2D eigenvalue weighted by Gasteiger charge is 2.48. The zero-order valence-corrected chi connectivity index (χ0v) is 15.9. The zero-order valence-electron chi connectivity index (χ0n) is 15.9. The topological polar surface area (TPSA) is 0 Å². The average Bonchev–Trinajstić information content (AvgIpc) is 3.03. The van der Waals surface area contributed by atoms with E-state index < -0.39 is 0 Å². The number of fused-ring (bicyclic) bond motifs is 5. The van der Waals surface area contributed by atoms with Gasteiger partial charge in [-0.1, -0.05) is 66.5 Å². The lowest BCUT2D eigenvalue weighted by atomic mass is 9.57. The van der Waals surface area contributed by atoms with Gasteiger partial charge in [-0.2, -0.15) is 0 Å². The molecule has 0 N–H and O–H groups in total. The third-order valence-corrected chi connectivity index (χ3v) is 8.19. The van der Waals surface area contributed by atoms with Crippen LogP contribution >= 0.6 is 0 Å². The van der Waals surface area contributed by atoms with Crippen molar-refractivity contribution in [2.45, 2.75) is 71.1 Å². The summed E-state index contributed by atoms with van der Waals surface area (Å²) in [5, 5.41) is 0. The Balaban J connectivity index is 1.39. The Morgan fingerprint density at radius 2 is 1.84 bits per heavy atom. The number of benzene rings is 1. The van der Waals surface area contributed by atoms with Gasteiger partial charge in [0.15, 0.2) is 0 Å². The molecule has 0 aliphatic heterocycles. The predicted octanol–water partition coefficient (Wildman–Crippen LogP) is 6.96. The van der Waals surface area contributed by atoms with Crippen molar-refractivity contribution in [3.8, 4) is 0 Å². The Labute approximate surface area is 153 Å². The Kier molecular flexibility index (Phi) is 3.73. The summed E-state index contributed by atoms with van der Waals surface area (Å²) in [6, 6.07) is 9.32. The van der Waals surface area contributed by atoms with Crippen LogP contribution in [-0.2, 0) is 0 Å². The van der Waals surface area contributed by atoms with Crippen molar-refractivity contribution < 1.29 is 0 Å². The summed E-state index contributed by atoms with van der Waals surface area (Å²) in [5.41, 5.74) is 7.21. The molecule has 0 saturated heterocycles. The van der Waals surface area contributed by atoms with Crippen LogP contribution in [0.25, 0.3) is 0 Å². The number of aryl methyl sites for hydroxylation is 1. The van der Waals surface area contributed by atoms with Gasteiger partial charge in [0, 0.05) is 5.92 Å². The first-order chi connectivity index (χ1) is 12.1. The largest absolute Gasteiger partial charge is 0.0841 e. The summed E-state index contributed by atoms with van der Waals surface area (Å²) in [7, 11) is 0. The molecule has 0 spiro atoms. The average molecular weight is 333 g/mol.